The van der Waals surface area contributed by atoms with Crippen LogP contribution in [0.1, 0.15) is 39.0 Å². The first-order valence-electron chi connectivity index (χ1n) is 5.92. The van der Waals surface area contributed by atoms with Gasteiger partial charge in [-0.3, -0.25) is 0 Å². The van der Waals surface area contributed by atoms with E-state index in [1.54, 1.807) is 5.57 Å². The van der Waals surface area contributed by atoms with Crippen LogP contribution in [0.5, 0.6) is 0 Å². The molecule has 0 aliphatic heterocycles. The van der Waals surface area contributed by atoms with E-state index in [0.29, 0.717) is 0 Å². The van der Waals surface area contributed by atoms with Gasteiger partial charge in [-0.1, -0.05) is 37.0 Å². The maximum atomic E-state index is 7.50. The zero-order chi connectivity index (χ0) is 16.4. The topological polar surface area (TPSA) is 79.6 Å². The molecule has 21 heavy (non-hydrogen) atoms. The van der Waals surface area contributed by atoms with E-state index in [4.69, 9.17) is 18.6 Å². The molecule has 0 aromatic rings. The summed E-state index contributed by atoms with van der Waals surface area (Å²) in [4.78, 5) is 0. The second kappa shape index (κ2) is 24.1. The largest absolute Gasteiger partial charge is 0 e. The molecule has 5 heteroatoms. The molecule has 2 aliphatic carbocycles. The molecule has 0 unspecified atom stereocenters. The zero-order valence-electron chi connectivity index (χ0n) is 11.9. The van der Waals surface area contributed by atoms with Crippen LogP contribution in [-0.2, 0) is 37.2 Å². The van der Waals surface area contributed by atoms with Gasteiger partial charge in [0.05, 0.1) is 0 Å². The van der Waals surface area contributed by atoms with Crippen LogP contribution in [0.15, 0.2) is 23.3 Å². The molecule has 4 nitrogen and oxygen atoms in total. The van der Waals surface area contributed by atoms with Crippen LogP contribution >= 0.6 is 0 Å². The smallest absolute Gasteiger partial charge is 0 e. The third kappa shape index (κ3) is 12.5. The van der Waals surface area contributed by atoms with Crippen molar-refractivity contribution < 1.29 is 37.2 Å². The average Bonchev–Trinajstić information content (AvgIpc) is 3.02. The van der Waals surface area contributed by atoms with Crippen molar-refractivity contribution in [1.29, 1.82) is 0 Å². The molecule has 1 fully saturated rings. The SMILES string of the molecule is CC1=C(C2CCCCC2)C=C[CH]1.[C-]#[O+].[C-]#[O+].[C-]#[O+].[C-]#[O+].[V]. The normalized spacial score (nSPS) is 14.9. The Morgan fingerprint density at radius 3 is 1.62 bits per heavy atom. The fraction of sp³-hybridized carbons (Fsp3) is 0.438. The molecule has 2 rings (SSSR count). The van der Waals surface area contributed by atoms with E-state index >= 15 is 0 Å². The van der Waals surface area contributed by atoms with Gasteiger partial charge in [-0.15, -0.1) is 0 Å². The Morgan fingerprint density at radius 1 is 0.857 bits per heavy atom. The molecule has 2 aliphatic rings. The summed E-state index contributed by atoms with van der Waals surface area (Å²) in [5, 5.41) is 0. The van der Waals surface area contributed by atoms with Crippen molar-refractivity contribution in [1.82, 2.24) is 0 Å². The molecule has 0 heterocycles. The Kier molecular flexibility index (Phi) is 32.3. The maximum absolute atomic E-state index is 7.50. The quantitative estimate of drug-likeness (QED) is 0.523. The summed E-state index contributed by atoms with van der Waals surface area (Å²) in [6.45, 7) is 20.2. The van der Waals surface area contributed by atoms with Crippen LogP contribution in [0.2, 0.25) is 0 Å². The van der Waals surface area contributed by atoms with Gasteiger partial charge >= 0.3 is 45.2 Å². The summed E-state index contributed by atoms with van der Waals surface area (Å²) in [5.41, 5.74) is 3.12. The van der Waals surface area contributed by atoms with Crippen LogP contribution in [0, 0.1) is 38.9 Å². The summed E-state index contributed by atoms with van der Waals surface area (Å²) in [7, 11) is 0. The monoisotopic (exact) mass is 324 g/mol. The summed E-state index contributed by atoms with van der Waals surface area (Å²) < 4.78 is 30.0. The van der Waals surface area contributed by atoms with Crippen molar-refractivity contribution in [2.45, 2.75) is 39.0 Å². The second-order valence-corrected chi connectivity index (χ2v) is 4.00. The van der Waals surface area contributed by atoms with Crippen LogP contribution in [0.4, 0.5) is 0 Å². The second-order valence-electron chi connectivity index (χ2n) is 4.00. The first-order valence-corrected chi connectivity index (χ1v) is 5.92. The summed E-state index contributed by atoms with van der Waals surface area (Å²) in [5.74, 6) is 0.883. The minimum absolute atomic E-state index is 0. The number of allylic oxidation sites excluding steroid dienone is 4. The summed E-state index contributed by atoms with van der Waals surface area (Å²) in [6, 6.07) is 0. The Morgan fingerprint density at radius 2 is 1.29 bits per heavy atom. The molecule has 0 bridgehead atoms. The minimum atomic E-state index is 0. The number of rotatable bonds is 1. The van der Waals surface area contributed by atoms with Crippen molar-refractivity contribution in [3.8, 4) is 0 Å². The Hall–Kier alpha value is -0.976. The minimum Gasteiger partial charge on any atom is 0 e. The van der Waals surface area contributed by atoms with E-state index < -0.39 is 0 Å². The van der Waals surface area contributed by atoms with Crippen molar-refractivity contribution in [2.24, 2.45) is 5.92 Å². The molecule has 0 spiro atoms. The average molecular weight is 324 g/mol. The predicted molar refractivity (Wildman–Crippen MR) is 68.4 cm³/mol. The van der Waals surface area contributed by atoms with Crippen molar-refractivity contribution >= 4 is 0 Å². The molecule has 0 aromatic heterocycles. The van der Waals surface area contributed by atoms with Gasteiger partial charge in [0.15, 0.2) is 0 Å². The fourth-order valence-corrected chi connectivity index (χ4v) is 2.40. The van der Waals surface area contributed by atoms with Gasteiger partial charge in [0.1, 0.15) is 0 Å². The molecule has 0 saturated heterocycles. The maximum Gasteiger partial charge on any atom is 0 e. The van der Waals surface area contributed by atoms with E-state index in [1.165, 1.54) is 37.7 Å². The van der Waals surface area contributed by atoms with Crippen LogP contribution < -0.4 is 0 Å². The summed E-state index contributed by atoms with van der Waals surface area (Å²) >= 11 is 0. The Balaban J connectivity index is -0.000000141. The van der Waals surface area contributed by atoms with Gasteiger partial charge < -0.3 is 0 Å². The first kappa shape index (κ1) is 28.2. The summed E-state index contributed by atoms with van der Waals surface area (Å²) in [6.07, 6.45) is 13.9. The molecule has 0 aromatic carbocycles. The zero-order valence-corrected chi connectivity index (χ0v) is 13.3. The molecule has 1 saturated carbocycles. The Labute approximate surface area is 138 Å². The molecular formula is C16H17O4V. The number of hydrogen-bond acceptors (Lipinski definition) is 0. The van der Waals surface area contributed by atoms with E-state index in [2.05, 4.69) is 52.1 Å². The Bertz CT molecular complexity index is 345. The van der Waals surface area contributed by atoms with Gasteiger partial charge in [0, 0.05) is 25.0 Å². The van der Waals surface area contributed by atoms with Crippen LogP contribution in [0.25, 0.3) is 0 Å². The van der Waals surface area contributed by atoms with Crippen molar-refractivity contribution in [3.05, 3.63) is 56.3 Å². The van der Waals surface area contributed by atoms with Gasteiger partial charge in [-0.05, 0) is 31.3 Å². The van der Waals surface area contributed by atoms with Crippen LogP contribution in [0.3, 0.4) is 0 Å². The molecule has 0 N–H and O–H groups in total. The first-order chi connectivity index (χ1) is 9.88. The molecule has 2 radical (unpaired) electrons. The fourth-order valence-electron chi connectivity index (χ4n) is 2.40. The van der Waals surface area contributed by atoms with E-state index in [9.17, 15) is 0 Å². The number of hydrogen-bond donors (Lipinski definition) is 0. The third-order valence-electron chi connectivity index (χ3n) is 3.12. The van der Waals surface area contributed by atoms with Gasteiger partial charge in [-0.25, -0.2) is 0 Å². The van der Waals surface area contributed by atoms with E-state index in [0.717, 1.165) is 5.92 Å². The van der Waals surface area contributed by atoms with Crippen molar-refractivity contribution in [3.63, 3.8) is 0 Å². The molecular weight excluding hydrogens is 307 g/mol. The van der Waals surface area contributed by atoms with E-state index in [-0.39, 0.29) is 18.6 Å². The van der Waals surface area contributed by atoms with E-state index in [1.807, 2.05) is 0 Å². The van der Waals surface area contributed by atoms with Gasteiger partial charge in [-0.2, -0.15) is 0 Å². The standard InChI is InChI=1S/C12H17.4CO.V/c1-10-6-5-9-12(10)11-7-3-2-4-8-11;4*1-2;/h5-6,9,11H,2-4,7-8H2,1H3;;;;;. The molecule has 0 amide bonds. The van der Waals surface area contributed by atoms with Gasteiger partial charge in [0.2, 0.25) is 0 Å². The molecule has 0 atom stereocenters. The van der Waals surface area contributed by atoms with Gasteiger partial charge in [0.25, 0.3) is 0 Å². The third-order valence-corrected chi connectivity index (χ3v) is 3.12. The van der Waals surface area contributed by atoms with Crippen LogP contribution in [-0.4, -0.2) is 0 Å². The van der Waals surface area contributed by atoms with Crippen molar-refractivity contribution in [2.75, 3.05) is 0 Å². The predicted octanol–water partition coefficient (Wildman–Crippen LogP) is 3.50. The molecule has 110 valence electrons.